The second kappa shape index (κ2) is 6.95. The first-order valence-corrected chi connectivity index (χ1v) is 6.16. The number of carbonyl (C=O) groups excluding carboxylic acids is 2. The van der Waals surface area contributed by atoms with E-state index in [0.717, 1.165) is 0 Å². The van der Waals surface area contributed by atoms with Gasteiger partial charge in [-0.25, -0.2) is 0 Å². The molecule has 2 amide bonds. The fourth-order valence-electron chi connectivity index (χ4n) is 1.93. The van der Waals surface area contributed by atoms with E-state index in [2.05, 4.69) is 5.32 Å². The SMILES string of the molecule is CC(C(=O)N[C@H](CO)C(N)=O)C1OC[C@@H](O)[C@H](O)C1O. The molecule has 1 aliphatic rings. The fraction of sp³-hybridized carbons (Fsp3) is 0.818. The summed E-state index contributed by atoms with van der Waals surface area (Å²) in [6, 6.07) is -1.24. The molecule has 1 heterocycles. The molecular formula is C11H20N2O7. The van der Waals surface area contributed by atoms with Gasteiger partial charge in [-0.05, 0) is 0 Å². The van der Waals surface area contributed by atoms with Crippen LogP contribution >= 0.6 is 0 Å². The van der Waals surface area contributed by atoms with Crippen LogP contribution in [0.25, 0.3) is 0 Å². The second-order valence-electron chi connectivity index (χ2n) is 4.78. The van der Waals surface area contributed by atoms with Gasteiger partial charge in [0.25, 0.3) is 0 Å². The van der Waals surface area contributed by atoms with E-state index in [1.54, 1.807) is 0 Å². The second-order valence-corrected chi connectivity index (χ2v) is 4.78. The zero-order chi connectivity index (χ0) is 15.4. The minimum Gasteiger partial charge on any atom is -0.394 e. The summed E-state index contributed by atoms with van der Waals surface area (Å²) in [5, 5.41) is 39.7. The summed E-state index contributed by atoms with van der Waals surface area (Å²) in [7, 11) is 0. The molecule has 0 spiro atoms. The molecule has 116 valence electrons. The fourth-order valence-corrected chi connectivity index (χ4v) is 1.93. The van der Waals surface area contributed by atoms with Gasteiger partial charge in [0, 0.05) is 0 Å². The summed E-state index contributed by atoms with van der Waals surface area (Å²) in [5.74, 6) is -2.48. The van der Waals surface area contributed by atoms with Crippen LogP contribution in [0.1, 0.15) is 6.92 Å². The number of aliphatic hydroxyl groups is 4. The van der Waals surface area contributed by atoms with Crippen molar-refractivity contribution in [3.63, 3.8) is 0 Å². The van der Waals surface area contributed by atoms with E-state index >= 15 is 0 Å². The highest BCUT2D eigenvalue weighted by atomic mass is 16.5. The summed E-state index contributed by atoms with van der Waals surface area (Å²) < 4.78 is 5.13. The number of rotatable bonds is 5. The number of carbonyl (C=O) groups is 2. The van der Waals surface area contributed by atoms with E-state index in [-0.39, 0.29) is 6.61 Å². The lowest BCUT2D eigenvalue weighted by molar-refractivity contribution is -0.200. The van der Waals surface area contributed by atoms with E-state index in [1.807, 2.05) is 0 Å². The maximum absolute atomic E-state index is 11.9. The van der Waals surface area contributed by atoms with Crippen LogP contribution in [0.2, 0.25) is 0 Å². The van der Waals surface area contributed by atoms with Gasteiger partial charge in [-0.1, -0.05) is 6.92 Å². The van der Waals surface area contributed by atoms with Crippen LogP contribution < -0.4 is 11.1 Å². The van der Waals surface area contributed by atoms with Crippen LogP contribution in [0.5, 0.6) is 0 Å². The van der Waals surface area contributed by atoms with Crippen molar-refractivity contribution in [1.29, 1.82) is 0 Å². The van der Waals surface area contributed by atoms with Crippen molar-refractivity contribution >= 4 is 11.8 Å². The van der Waals surface area contributed by atoms with Crippen molar-refractivity contribution in [3.8, 4) is 0 Å². The van der Waals surface area contributed by atoms with Crippen LogP contribution in [0.15, 0.2) is 0 Å². The molecule has 0 aromatic heterocycles. The van der Waals surface area contributed by atoms with Gasteiger partial charge in [0.2, 0.25) is 11.8 Å². The monoisotopic (exact) mass is 292 g/mol. The highest BCUT2D eigenvalue weighted by Crippen LogP contribution is 2.22. The highest BCUT2D eigenvalue weighted by molar-refractivity contribution is 5.87. The van der Waals surface area contributed by atoms with Crippen molar-refractivity contribution in [2.75, 3.05) is 13.2 Å². The Hall–Kier alpha value is -1.26. The number of nitrogens with two attached hydrogens (primary N) is 1. The van der Waals surface area contributed by atoms with Crippen molar-refractivity contribution in [2.45, 2.75) is 37.4 Å². The molecule has 1 aliphatic heterocycles. The molecule has 0 aromatic rings. The Labute approximate surface area is 115 Å². The maximum Gasteiger partial charge on any atom is 0.242 e. The van der Waals surface area contributed by atoms with Gasteiger partial charge in [-0.3, -0.25) is 9.59 Å². The topological polar surface area (TPSA) is 162 Å². The van der Waals surface area contributed by atoms with Crippen LogP contribution in [0, 0.1) is 5.92 Å². The van der Waals surface area contributed by atoms with Crippen LogP contribution in [-0.2, 0) is 14.3 Å². The third-order valence-electron chi connectivity index (χ3n) is 3.29. The third kappa shape index (κ3) is 3.64. The molecule has 1 saturated heterocycles. The Morgan fingerprint density at radius 1 is 1.35 bits per heavy atom. The molecule has 1 rings (SSSR count). The molecule has 9 nitrogen and oxygen atoms in total. The average Bonchev–Trinajstić information content (AvgIpc) is 2.41. The molecule has 3 unspecified atom stereocenters. The number of ether oxygens (including phenoxy) is 1. The predicted molar refractivity (Wildman–Crippen MR) is 65.1 cm³/mol. The van der Waals surface area contributed by atoms with Crippen molar-refractivity contribution < 1.29 is 34.8 Å². The molecule has 0 saturated carbocycles. The Balaban J connectivity index is 2.67. The lowest BCUT2D eigenvalue weighted by Crippen LogP contribution is -2.58. The molecule has 0 aromatic carbocycles. The third-order valence-corrected chi connectivity index (χ3v) is 3.29. The quantitative estimate of drug-likeness (QED) is 0.301. The van der Waals surface area contributed by atoms with Gasteiger partial charge in [0.15, 0.2) is 0 Å². The summed E-state index contributed by atoms with van der Waals surface area (Å²) in [4.78, 5) is 22.8. The lowest BCUT2D eigenvalue weighted by atomic mass is 9.91. The molecule has 0 radical (unpaired) electrons. The van der Waals surface area contributed by atoms with Gasteiger partial charge < -0.3 is 36.2 Å². The Morgan fingerprint density at radius 3 is 2.45 bits per heavy atom. The molecule has 7 N–H and O–H groups in total. The van der Waals surface area contributed by atoms with Gasteiger partial charge in [0.05, 0.1) is 25.2 Å². The molecule has 1 fully saturated rings. The van der Waals surface area contributed by atoms with Gasteiger partial charge in [0.1, 0.15) is 24.4 Å². The van der Waals surface area contributed by atoms with E-state index in [0.29, 0.717) is 0 Å². The van der Waals surface area contributed by atoms with Crippen LogP contribution in [-0.4, -0.2) is 75.9 Å². The highest BCUT2D eigenvalue weighted by Gasteiger charge is 2.42. The molecule has 0 aliphatic carbocycles. The molecule has 20 heavy (non-hydrogen) atoms. The predicted octanol–water partition coefficient (Wildman–Crippen LogP) is -3.93. The van der Waals surface area contributed by atoms with Gasteiger partial charge in [-0.2, -0.15) is 0 Å². The number of hydrogen-bond acceptors (Lipinski definition) is 7. The number of amides is 2. The lowest BCUT2D eigenvalue weighted by Gasteiger charge is -2.37. The molecule has 9 heteroatoms. The zero-order valence-electron chi connectivity index (χ0n) is 11.0. The van der Waals surface area contributed by atoms with E-state index in [4.69, 9.17) is 15.6 Å². The Bertz CT molecular complexity index is 365. The minimum atomic E-state index is -1.44. The number of aliphatic hydroxyl groups excluding tert-OH is 4. The zero-order valence-corrected chi connectivity index (χ0v) is 11.0. The van der Waals surface area contributed by atoms with Crippen molar-refractivity contribution in [2.24, 2.45) is 11.7 Å². The van der Waals surface area contributed by atoms with Crippen molar-refractivity contribution in [3.05, 3.63) is 0 Å². The summed E-state index contributed by atoms with van der Waals surface area (Å²) in [6.45, 7) is 0.548. The normalized spacial score (nSPS) is 33.2. The summed E-state index contributed by atoms with van der Waals surface area (Å²) in [6.07, 6.45) is -5.14. The van der Waals surface area contributed by atoms with Crippen molar-refractivity contribution in [1.82, 2.24) is 5.32 Å². The maximum atomic E-state index is 11.9. The van der Waals surface area contributed by atoms with Crippen LogP contribution in [0.4, 0.5) is 0 Å². The molecule has 6 atom stereocenters. The average molecular weight is 292 g/mol. The van der Waals surface area contributed by atoms with Gasteiger partial charge >= 0.3 is 0 Å². The number of nitrogens with one attached hydrogen (secondary N) is 1. The first-order chi connectivity index (χ1) is 9.29. The first-order valence-electron chi connectivity index (χ1n) is 6.16. The van der Waals surface area contributed by atoms with Gasteiger partial charge in [-0.15, -0.1) is 0 Å². The number of hydrogen-bond donors (Lipinski definition) is 6. The minimum absolute atomic E-state index is 0.222. The van der Waals surface area contributed by atoms with Crippen LogP contribution in [0.3, 0.4) is 0 Å². The largest absolute Gasteiger partial charge is 0.394 e. The Morgan fingerprint density at radius 2 is 1.95 bits per heavy atom. The molecule has 0 bridgehead atoms. The first kappa shape index (κ1) is 16.8. The Kier molecular flexibility index (Phi) is 5.84. The van der Waals surface area contributed by atoms with E-state index in [1.165, 1.54) is 6.92 Å². The standard InChI is InChI=1S/C11H20N2O7/c1-4(11(19)13-5(2-14)10(12)18)9-8(17)7(16)6(15)3-20-9/h4-9,14-17H,2-3H2,1H3,(H2,12,18)(H,13,19)/t4?,5-,6-,7+,8?,9?/m1/s1. The number of primary amides is 1. The summed E-state index contributed by atoms with van der Waals surface area (Å²) >= 11 is 0. The summed E-state index contributed by atoms with van der Waals surface area (Å²) in [5.41, 5.74) is 4.97. The molecular weight excluding hydrogens is 272 g/mol. The smallest absolute Gasteiger partial charge is 0.242 e. The van der Waals surface area contributed by atoms with E-state index < -0.39 is 54.8 Å². The van der Waals surface area contributed by atoms with E-state index in [9.17, 15) is 24.9 Å².